The van der Waals surface area contributed by atoms with E-state index in [1.165, 1.54) is 28.7 Å². The largest absolute Gasteiger partial charge is 0.369 e. The van der Waals surface area contributed by atoms with E-state index in [1.54, 1.807) is 0 Å². The highest BCUT2D eigenvalue weighted by Gasteiger charge is 2.24. The molecule has 2 heterocycles. The molecule has 0 unspecified atom stereocenters. The monoisotopic (exact) mass is 391 g/mol. The molecule has 2 aromatic rings. The van der Waals surface area contributed by atoms with Crippen molar-refractivity contribution in [2.45, 2.75) is 18.2 Å². The molecule has 2 amide bonds. The summed E-state index contributed by atoms with van der Waals surface area (Å²) in [7, 11) is 0. The van der Waals surface area contributed by atoms with E-state index < -0.39 is 0 Å². The topological polar surface area (TPSA) is 92.4 Å². The number of hydrogen-bond acceptors (Lipinski definition) is 7. The fraction of sp³-hybridized carbons (Fsp3) is 0.412. The maximum atomic E-state index is 12.7. The summed E-state index contributed by atoms with van der Waals surface area (Å²) >= 11 is 2.74. The van der Waals surface area contributed by atoms with Gasteiger partial charge in [-0.05, 0) is 37.1 Å². The number of hydrogen-bond donors (Lipinski definition) is 1. The van der Waals surface area contributed by atoms with Crippen LogP contribution in [0.5, 0.6) is 0 Å². The molecule has 2 N–H and O–H groups in total. The number of carbonyl (C=O) groups excluding carboxylic acids is 2. The average Bonchev–Trinajstić information content (AvgIpc) is 3.11. The first kappa shape index (κ1) is 18.7. The minimum atomic E-state index is -0.370. The zero-order valence-electron chi connectivity index (χ0n) is 14.8. The molecule has 0 spiro atoms. The summed E-state index contributed by atoms with van der Waals surface area (Å²) in [6, 6.07) is 5.84. The molecular formula is C17H21N5O2S2. The van der Waals surface area contributed by atoms with Gasteiger partial charge in [0.05, 0.1) is 5.75 Å². The standard InChI is InChI=1S/C17H21N5O2S2/c1-11-3-4-13(9-12(11)2)15(24)21-5-7-22(8-6-21)16-19-20-17(26-16)25-10-14(18)23/h3-4,9H,5-8,10H2,1-2H3,(H2,18,23). The van der Waals surface area contributed by atoms with E-state index in [-0.39, 0.29) is 17.6 Å². The minimum Gasteiger partial charge on any atom is -0.369 e. The number of carbonyl (C=O) groups is 2. The number of nitrogens with two attached hydrogens (primary N) is 1. The fourth-order valence-corrected chi connectivity index (χ4v) is 4.31. The third kappa shape index (κ3) is 4.34. The number of piperazine rings is 1. The third-order valence-corrected chi connectivity index (χ3v) is 6.46. The second-order valence-electron chi connectivity index (χ2n) is 6.18. The molecule has 26 heavy (non-hydrogen) atoms. The van der Waals surface area contributed by atoms with Crippen LogP contribution in [-0.4, -0.2) is 58.8 Å². The average molecular weight is 392 g/mol. The molecule has 0 atom stereocenters. The Balaban J connectivity index is 1.57. The molecule has 0 radical (unpaired) electrons. The van der Waals surface area contributed by atoms with Gasteiger partial charge >= 0.3 is 0 Å². The zero-order valence-corrected chi connectivity index (χ0v) is 16.4. The molecule has 1 aromatic carbocycles. The molecular weight excluding hydrogens is 370 g/mol. The molecule has 1 aliphatic heterocycles. The van der Waals surface area contributed by atoms with Crippen molar-refractivity contribution < 1.29 is 9.59 Å². The Morgan fingerprint density at radius 3 is 2.54 bits per heavy atom. The van der Waals surface area contributed by atoms with Crippen LogP contribution in [0.1, 0.15) is 21.5 Å². The summed E-state index contributed by atoms with van der Waals surface area (Å²) in [6.07, 6.45) is 0. The van der Waals surface area contributed by atoms with Crippen molar-refractivity contribution in [3.05, 3.63) is 34.9 Å². The van der Waals surface area contributed by atoms with Crippen LogP contribution < -0.4 is 10.6 Å². The molecule has 0 bridgehead atoms. The number of benzene rings is 1. The first-order chi connectivity index (χ1) is 12.4. The highest BCUT2D eigenvalue weighted by atomic mass is 32.2. The predicted molar refractivity (Wildman–Crippen MR) is 104 cm³/mol. The van der Waals surface area contributed by atoms with Crippen LogP contribution in [0.25, 0.3) is 0 Å². The van der Waals surface area contributed by atoms with Crippen molar-refractivity contribution >= 4 is 40.0 Å². The number of anilines is 1. The van der Waals surface area contributed by atoms with E-state index in [0.717, 1.165) is 20.6 Å². The Kier molecular flexibility index (Phi) is 5.77. The summed E-state index contributed by atoms with van der Waals surface area (Å²) in [5.41, 5.74) is 8.20. The minimum absolute atomic E-state index is 0.0720. The molecule has 1 aliphatic rings. The molecule has 1 saturated heterocycles. The van der Waals surface area contributed by atoms with Crippen LogP contribution in [0.15, 0.2) is 22.5 Å². The van der Waals surface area contributed by atoms with Crippen molar-refractivity contribution in [2.24, 2.45) is 5.73 Å². The lowest BCUT2D eigenvalue weighted by Crippen LogP contribution is -2.48. The molecule has 0 aliphatic carbocycles. The maximum Gasteiger partial charge on any atom is 0.253 e. The third-order valence-electron chi connectivity index (χ3n) is 4.32. The number of nitrogens with zero attached hydrogens (tertiary/aromatic N) is 4. The summed E-state index contributed by atoms with van der Waals surface area (Å²) in [4.78, 5) is 27.5. The van der Waals surface area contributed by atoms with Crippen molar-refractivity contribution in [1.29, 1.82) is 0 Å². The predicted octanol–water partition coefficient (Wildman–Crippen LogP) is 1.69. The van der Waals surface area contributed by atoms with Gasteiger partial charge in [0.15, 0.2) is 4.34 Å². The zero-order chi connectivity index (χ0) is 18.7. The Morgan fingerprint density at radius 2 is 1.88 bits per heavy atom. The summed E-state index contributed by atoms with van der Waals surface area (Å²) < 4.78 is 0.729. The Labute approximate surface area is 160 Å². The van der Waals surface area contributed by atoms with Crippen LogP contribution in [0.2, 0.25) is 0 Å². The van der Waals surface area contributed by atoms with Gasteiger partial charge in [0, 0.05) is 31.7 Å². The van der Waals surface area contributed by atoms with E-state index in [2.05, 4.69) is 15.1 Å². The second-order valence-corrected chi connectivity index (χ2v) is 8.36. The van der Waals surface area contributed by atoms with Gasteiger partial charge < -0.3 is 15.5 Å². The maximum absolute atomic E-state index is 12.7. The van der Waals surface area contributed by atoms with Gasteiger partial charge in [-0.1, -0.05) is 29.2 Å². The van der Waals surface area contributed by atoms with Gasteiger partial charge in [-0.3, -0.25) is 9.59 Å². The van der Waals surface area contributed by atoms with Crippen LogP contribution in [0.4, 0.5) is 5.13 Å². The number of aromatic nitrogens is 2. The summed E-state index contributed by atoms with van der Waals surface area (Å²) in [6.45, 7) is 6.79. The van der Waals surface area contributed by atoms with Gasteiger partial charge in [0.1, 0.15) is 0 Å². The second kappa shape index (κ2) is 8.05. The van der Waals surface area contributed by atoms with Gasteiger partial charge in [-0.2, -0.15) is 0 Å². The smallest absolute Gasteiger partial charge is 0.253 e. The van der Waals surface area contributed by atoms with Crippen molar-refractivity contribution in [3.63, 3.8) is 0 Å². The van der Waals surface area contributed by atoms with Crippen molar-refractivity contribution in [3.8, 4) is 0 Å². The Morgan fingerprint density at radius 1 is 1.15 bits per heavy atom. The number of amides is 2. The SMILES string of the molecule is Cc1ccc(C(=O)N2CCN(c3nnc(SCC(N)=O)s3)CC2)cc1C. The van der Waals surface area contributed by atoms with Gasteiger partial charge in [0.25, 0.3) is 5.91 Å². The van der Waals surface area contributed by atoms with Gasteiger partial charge in [-0.25, -0.2) is 0 Å². The summed E-state index contributed by atoms with van der Waals surface area (Å²) in [5.74, 6) is -0.0969. The van der Waals surface area contributed by atoms with Crippen LogP contribution >= 0.6 is 23.1 Å². The molecule has 138 valence electrons. The van der Waals surface area contributed by atoms with E-state index in [9.17, 15) is 9.59 Å². The first-order valence-corrected chi connectivity index (χ1v) is 10.1. The van der Waals surface area contributed by atoms with Crippen LogP contribution in [0, 0.1) is 13.8 Å². The van der Waals surface area contributed by atoms with E-state index in [4.69, 9.17) is 5.73 Å². The Bertz CT molecular complexity index is 815. The van der Waals surface area contributed by atoms with E-state index in [0.29, 0.717) is 26.2 Å². The Hall–Kier alpha value is -2.13. The highest BCUT2D eigenvalue weighted by Crippen LogP contribution is 2.28. The number of aryl methyl sites for hydroxylation is 2. The first-order valence-electron chi connectivity index (χ1n) is 8.30. The molecule has 0 saturated carbocycles. The summed E-state index contributed by atoms with van der Waals surface area (Å²) in [5, 5.41) is 9.08. The van der Waals surface area contributed by atoms with Crippen LogP contribution in [-0.2, 0) is 4.79 Å². The number of primary amides is 1. The molecule has 7 nitrogen and oxygen atoms in total. The molecule has 3 rings (SSSR count). The van der Waals surface area contributed by atoms with Gasteiger partial charge in [0.2, 0.25) is 11.0 Å². The lowest BCUT2D eigenvalue weighted by atomic mass is 10.1. The lowest BCUT2D eigenvalue weighted by molar-refractivity contribution is -0.115. The highest BCUT2D eigenvalue weighted by molar-refractivity contribution is 8.01. The molecule has 1 fully saturated rings. The van der Waals surface area contributed by atoms with E-state index in [1.807, 2.05) is 36.9 Å². The number of rotatable bonds is 5. The van der Waals surface area contributed by atoms with E-state index >= 15 is 0 Å². The van der Waals surface area contributed by atoms with Crippen molar-refractivity contribution in [1.82, 2.24) is 15.1 Å². The molecule has 1 aromatic heterocycles. The quantitative estimate of drug-likeness (QED) is 0.780. The number of thioether (sulfide) groups is 1. The van der Waals surface area contributed by atoms with Crippen LogP contribution in [0.3, 0.4) is 0 Å². The normalized spacial score (nSPS) is 14.5. The van der Waals surface area contributed by atoms with Crippen molar-refractivity contribution in [2.75, 3.05) is 36.8 Å². The van der Waals surface area contributed by atoms with Gasteiger partial charge in [-0.15, -0.1) is 10.2 Å². The molecule has 9 heteroatoms. The fourth-order valence-electron chi connectivity index (χ4n) is 2.68. The lowest BCUT2D eigenvalue weighted by Gasteiger charge is -2.34.